The lowest BCUT2D eigenvalue weighted by Gasteiger charge is -2.17. The lowest BCUT2D eigenvalue weighted by Crippen LogP contribution is -2.14. The van der Waals surface area contributed by atoms with Gasteiger partial charge in [-0.2, -0.15) is 0 Å². The number of carboxylic acid groups (broad SMARTS) is 1. The van der Waals surface area contributed by atoms with Gasteiger partial charge in [-0.1, -0.05) is 53.0 Å². The molecule has 12 heterocycles. The molecule has 0 unspecified atom stereocenters. The minimum absolute atomic E-state index is 0.0331. The van der Waals surface area contributed by atoms with Crippen LogP contribution in [0.3, 0.4) is 0 Å². The highest BCUT2D eigenvalue weighted by Crippen LogP contribution is 2.46. The normalized spacial score (nSPS) is 17.8. The van der Waals surface area contributed by atoms with Crippen LogP contribution in [-0.4, -0.2) is 86.8 Å². The molecule has 0 radical (unpaired) electrons. The van der Waals surface area contributed by atoms with E-state index in [1.165, 1.54) is 6.92 Å². The Morgan fingerprint density at radius 2 is 0.978 bits per heavy atom. The van der Waals surface area contributed by atoms with Crippen molar-refractivity contribution >= 4 is 108 Å². The van der Waals surface area contributed by atoms with Crippen LogP contribution in [-0.2, 0) is 63.9 Å². The minimum Gasteiger partial charge on any atom is -0.481 e. The Labute approximate surface area is 512 Å². The van der Waals surface area contributed by atoms with Crippen LogP contribution in [0.5, 0.6) is 0 Å². The van der Waals surface area contributed by atoms with E-state index in [9.17, 15) is 38.7 Å². The van der Waals surface area contributed by atoms with E-state index in [0.29, 0.717) is 74.1 Å². The SMILES string of the molecule is C=CC1=C(C)c2cc3nc(c4c5[nH]c(cc6[nH]c(cc1n2)c(C)c6CC)c(C)c5C(=O)OC(=O)C4)[C@@H](CCC(=O)O)[C@@H]3C.C=CC1=C(C)c2cc3nc(c4c5[nH]c(cc6[nH]c(cc1n2)c(C)c6CC)c(C)c5C(=O)OC(=O)C4)[C@@H](CCC(=O)OC(C)=O)[C@@H]3C. The number of carboxylic acids is 1. The van der Waals surface area contributed by atoms with Crippen molar-refractivity contribution in [2.45, 2.75) is 151 Å². The number of aromatic amines is 4. The fourth-order valence-corrected chi connectivity index (χ4v) is 13.6. The van der Waals surface area contributed by atoms with Crippen molar-refractivity contribution in [3.05, 3.63) is 163 Å². The van der Waals surface area contributed by atoms with Crippen molar-refractivity contribution in [1.82, 2.24) is 39.9 Å². The van der Waals surface area contributed by atoms with E-state index < -0.39 is 41.8 Å². The van der Waals surface area contributed by atoms with E-state index in [1.54, 1.807) is 0 Å². The predicted octanol–water partition coefficient (Wildman–Crippen LogP) is 13.2. The molecular formula is C70H70N8O11. The lowest BCUT2D eigenvalue weighted by molar-refractivity contribution is -0.158. The predicted molar refractivity (Wildman–Crippen MR) is 339 cm³/mol. The number of allylic oxidation sites excluding steroid dienone is 6. The zero-order chi connectivity index (χ0) is 63.8. The Balaban J connectivity index is 0.000000184. The number of aryl methyl sites for hydroxylation is 6. The van der Waals surface area contributed by atoms with Gasteiger partial charge in [-0.25, -0.2) is 19.6 Å². The average Bonchev–Trinajstić information content (AvgIpc) is 1.62. The van der Waals surface area contributed by atoms with Gasteiger partial charge >= 0.3 is 41.8 Å². The zero-order valence-corrected chi connectivity index (χ0v) is 51.8. The molecule has 16 bridgehead atoms. The second-order valence-corrected chi connectivity index (χ2v) is 23.7. The summed E-state index contributed by atoms with van der Waals surface area (Å²) < 4.78 is 15.3. The number of hydrogen-bond acceptors (Lipinski definition) is 14. The summed E-state index contributed by atoms with van der Waals surface area (Å²) in [6.07, 6.45) is 5.36. The summed E-state index contributed by atoms with van der Waals surface area (Å²) in [6, 6.07) is 11.9. The van der Waals surface area contributed by atoms with Gasteiger partial charge < -0.3 is 39.3 Å². The van der Waals surface area contributed by atoms with Gasteiger partial charge in [0.25, 0.3) is 0 Å². The molecule has 6 aromatic rings. The van der Waals surface area contributed by atoms with Crippen LogP contribution in [0.4, 0.5) is 0 Å². The van der Waals surface area contributed by atoms with Crippen LogP contribution >= 0.6 is 0 Å². The van der Waals surface area contributed by atoms with E-state index >= 15 is 0 Å². The van der Waals surface area contributed by atoms with E-state index in [2.05, 4.69) is 60.8 Å². The Morgan fingerprint density at radius 3 is 1.36 bits per heavy atom. The number of esters is 6. The maximum atomic E-state index is 13.3. The molecule has 12 rings (SSSR count). The van der Waals surface area contributed by atoms with Gasteiger partial charge in [0.15, 0.2) is 0 Å². The highest BCUT2D eigenvalue weighted by Gasteiger charge is 2.38. The Bertz CT molecular complexity index is 4620. The van der Waals surface area contributed by atoms with Gasteiger partial charge in [0.1, 0.15) is 0 Å². The molecule has 0 aromatic carbocycles. The van der Waals surface area contributed by atoms with Crippen molar-refractivity contribution in [3.63, 3.8) is 0 Å². The Morgan fingerprint density at radius 1 is 0.573 bits per heavy atom. The van der Waals surface area contributed by atoms with Gasteiger partial charge in [0, 0.05) is 110 Å². The number of aromatic nitrogens is 8. The average molecular weight is 1200 g/mol. The topological polar surface area (TPSA) is 282 Å². The van der Waals surface area contributed by atoms with Crippen molar-refractivity contribution in [2.24, 2.45) is 0 Å². The number of ether oxygens (including phenoxy) is 3. The van der Waals surface area contributed by atoms with Crippen LogP contribution in [0.2, 0.25) is 0 Å². The molecule has 5 N–H and O–H groups in total. The Hall–Kier alpha value is -9.91. The summed E-state index contributed by atoms with van der Waals surface area (Å²) in [6.45, 7) is 29.3. The minimum atomic E-state index is -0.910. The third-order valence-corrected chi connectivity index (χ3v) is 18.5. The summed E-state index contributed by atoms with van der Waals surface area (Å²) in [4.78, 5) is 122. The molecule has 0 spiro atoms. The number of carbonyl (C=O) groups is 7. The highest BCUT2D eigenvalue weighted by molar-refractivity contribution is 6.10. The van der Waals surface area contributed by atoms with Crippen LogP contribution < -0.4 is 0 Å². The lowest BCUT2D eigenvalue weighted by atomic mass is 9.85. The first kappa shape index (κ1) is 60.8. The van der Waals surface area contributed by atoms with Gasteiger partial charge in [-0.05, 0) is 148 Å². The number of nitrogens with zero attached hydrogens (tertiary/aromatic N) is 4. The fourth-order valence-electron chi connectivity index (χ4n) is 13.6. The number of carbonyl (C=O) groups excluding carboxylic acids is 6. The molecule has 0 amide bonds. The molecule has 0 saturated carbocycles. The van der Waals surface area contributed by atoms with Gasteiger partial charge in [0.05, 0.1) is 69.2 Å². The molecule has 6 aliphatic rings. The molecule has 6 aliphatic heterocycles. The van der Waals surface area contributed by atoms with Gasteiger partial charge in [-0.15, -0.1) is 0 Å². The Kier molecular flexibility index (Phi) is 16.1. The number of nitrogens with one attached hydrogen (secondary N) is 4. The monoisotopic (exact) mass is 1200 g/mol. The molecule has 19 heteroatoms. The summed E-state index contributed by atoms with van der Waals surface area (Å²) >= 11 is 0. The number of rotatable bonds is 10. The molecule has 89 heavy (non-hydrogen) atoms. The van der Waals surface area contributed by atoms with Gasteiger partial charge in [-0.3, -0.25) is 33.9 Å². The molecule has 6 aromatic heterocycles. The fraction of sp³-hybridized carbons (Fsp3) is 0.329. The van der Waals surface area contributed by atoms with E-state index in [-0.39, 0.29) is 54.9 Å². The van der Waals surface area contributed by atoms with Crippen molar-refractivity contribution < 1.29 is 52.9 Å². The summed E-state index contributed by atoms with van der Waals surface area (Å²) in [5.74, 6) is -5.99. The largest absolute Gasteiger partial charge is 0.481 e. The van der Waals surface area contributed by atoms with Crippen LogP contribution in [0.1, 0.15) is 209 Å². The van der Waals surface area contributed by atoms with Crippen molar-refractivity contribution in [1.29, 1.82) is 0 Å². The number of fused-ring (bicyclic) bond motifs is 16. The quantitative estimate of drug-likeness (QED) is 0.0484. The van der Waals surface area contributed by atoms with Crippen molar-refractivity contribution in [2.75, 3.05) is 0 Å². The maximum Gasteiger partial charge on any atom is 0.348 e. The van der Waals surface area contributed by atoms with E-state index in [0.717, 1.165) is 114 Å². The molecule has 0 fully saturated rings. The van der Waals surface area contributed by atoms with Crippen LogP contribution in [0.25, 0.3) is 66.4 Å². The number of aliphatic carboxylic acids is 1. The van der Waals surface area contributed by atoms with Crippen LogP contribution in [0, 0.1) is 27.7 Å². The highest BCUT2D eigenvalue weighted by atomic mass is 16.6. The summed E-state index contributed by atoms with van der Waals surface area (Å²) in [5.41, 5.74) is 22.9. The summed E-state index contributed by atoms with van der Waals surface area (Å²) in [5, 5.41) is 9.55. The van der Waals surface area contributed by atoms with Crippen LogP contribution in [0.15, 0.2) is 61.7 Å². The first-order valence-electron chi connectivity index (χ1n) is 30.1. The molecule has 0 aliphatic carbocycles. The van der Waals surface area contributed by atoms with Gasteiger partial charge in [0.2, 0.25) is 0 Å². The standard InChI is InChI=1S/C36H36N4O6.C34H34N4O5/c1-8-21-16(3)25-13-27-18(5)23(10-11-31(42)45-20(7)41)34(39-27)24-12-32(43)46-36(44)33-19(6)28(40-35(24)33)15-30-22(9-2)17(4)26(38-30)14-29(21)37-25;1-7-19-15(3)23-12-25-17(5)21(9-10-29(39)40)32(37-25)22-11-30(41)43-34(42)31-18(6)26(38-33(22)31)14-28-20(8-2)16(4)24(36-28)13-27(19)35-23/h8,13-15,18,23,38,40H,1,9-12H2,2-7H3;7,12-14,17,21,36,38H,1,8-11H2,2-6H3,(H,39,40)/t18-,23-;17-,21-/m00/s1. The number of H-pyrrole nitrogens is 4. The zero-order valence-electron chi connectivity index (χ0n) is 51.8. The molecule has 0 saturated heterocycles. The van der Waals surface area contributed by atoms with Crippen molar-refractivity contribution in [3.8, 4) is 0 Å². The molecule has 4 atom stereocenters. The first-order valence-corrected chi connectivity index (χ1v) is 30.1. The third-order valence-electron chi connectivity index (χ3n) is 18.5. The smallest absolute Gasteiger partial charge is 0.348 e. The first-order chi connectivity index (χ1) is 42.4. The molecular weight excluding hydrogens is 1130 g/mol. The van der Waals surface area contributed by atoms with E-state index in [1.807, 2.05) is 90.1 Å². The molecule has 456 valence electrons. The second-order valence-electron chi connectivity index (χ2n) is 23.7. The molecule has 19 nitrogen and oxygen atoms in total. The maximum absolute atomic E-state index is 13.3. The second kappa shape index (κ2) is 23.6. The third kappa shape index (κ3) is 10.9. The van der Waals surface area contributed by atoms with E-state index in [4.69, 9.17) is 34.1 Å². The number of hydrogen-bond donors (Lipinski definition) is 5. The summed E-state index contributed by atoms with van der Waals surface area (Å²) in [7, 11) is 0. The number of cyclic esters (lactones) is 4.